The molecule has 1 saturated carbocycles. The van der Waals surface area contributed by atoms with Crippen LogP contribution < -0.4 is 5.32 Å². The van der Waals surface area contributed by atoms with Crippen LogP contribution in [0.25, 0.3) is 0 Å². The molecule has 0 saturated heterocycles. The number of benzene rings is 2. The van der Waals surface area contributed by atoms with Gasteiger partial charge in [-0.3, -0.25) is 10.1 Å². The Balaban J connectivity index is 1.58. The van der Waals surface area contributed by atoms with Gasteiger partial charge in [0.15, 0.2) is 14.6 Å². The summed E-state index contributed by atoms with van der Waals surface area (Å²) in [5, 5.41) is 12.1. The lowest BCUT2D eigenvalue weighted by atomic mass is 10.1. The molecule has 6 nitrogen and oxygen atoms in total. The van der Waals surface area contributed by atoms with Crippen molar-refractivity contribution in [1.29, 1.82) is 0 Å². The van der Waals surface area contributed by atoms with E-state index in [0.717, 1.165) is 21.7 Å². The monoisotopic (exact) mass is 455 g/mol. The van der Waals surface area contributed by atoms with Gasteiger partial charge in [-0.2, -0.15) is 0 Å². The first-order valence-corrected chi connectivity index (χ1v) is 12.6. The Morgan fingerprint density at radius 3 is 2.42 bits per heavy atom. The maximum absolute atomic E-state index is 13.6. The second-order valence-corrected chi connectivity index (χ2v) is 11.4. The molecule has 0 radical (unpaired) electrons. The highest BCUT2D eigenvalue weighted by Crippen LogP contribution is 2.42. The zero-order valence-corrected chi connectivity index (χ0v) is 19.2. The van der Waals surface area contributed by atoms with E-state index in [0.29, 0.717) is 37.2 Å². The average molecular weight is 456 g/mol. The number of nitrogens with zero attached hydrogens (tertiary/aromatic N) is 2. The second kappa shape index (κ2) is 8.51. The fourth-order valence-electron chi connectivity index (χ4n) is 4.03. The Kier molecular flexibility index (Phi) is 5.94. The van der Waals surface area contributed by atoms with Crippen molar-refractivity contribution < 1.29 is 13.2 Å². The van der Waals surface area contributed by atoms with Crippen molar-refractivity contribution in [2.45, 2.75) is 55.6 Å². The van der Waals surface area contributed by atoms with E-state index in [1.165, 1.54) is 11.3 Å². The molecule has 3 aromatic rings. The van der Waals surface area contributed by atoms with Crippen molar-refractivity contribution in [1.82, 2.24) is 10.2 Å². The minimum absolute atomic E-state index is 0.203. The maximum Gasteiger partial charge on any atom is 0.248 e. The number of hydrogen-bond acceptors (Lipinski definition) is 6. The smallest absolute Gasteiger partial charge is 0.248 e. The van der Waals surface area contributed by atoms with Crippen molar-refractivity contribution in [3.8, 4) is 0 Å². The number of aromatic nitrogens is 2. The van der Waals surface area contributed by atoms with E-state index in [2.05, 4.69) is 15.5 Å². The Morgan fingerprint density at radius 1 is 1.03 bits per heavy atom. The van der Waals surface area contributed by atoms with Gasteiger partial charge in [0, 0.05) is 6.42 Å². The summed E-state index contributed by atoms with van der Waals surface area (Å²) in [7, 11) is -3.86. The molecule has 8 heteroatoms. The normalized spacial score (nSPS) is 15.7. The fourth-order valence-corrected chi connectivity index (χ4v) is 6.95. The molecular weight excluding hydrogens is 430 g/mol. The average Bonchev–Trinajstić information content (AvgIpc) is 3.41. The van der Waals surface area contributed by atoms with Crippen molar-refractivity contribution in [3.05, 3.63) is 70.2 Å². The number of rotatable bonds is 6. The second-order valence-electron chi connectivity index (χ2n) is 8.07. The minimum Gasteiger partial charge on any atom is -0.299 e. The summed E-state index contributed by atoms with van der Waals surface area (Å²) in [6.45, 7) is 3.82. The van der Waals surface area contributed by atoms with Crippen LogP contribution in [-0.4, -0.2) is 29.3 Å². The molecule has 0 spiro atoms. The first-order chi connectivity index (χ1) is 14.8. The van der Waals surface area contributed by atoms with Crippen LogP contribution in [0.1, 0.15) is 47.4 Å². The predicted molar refractivity (Wildman–Crippen MR) is 122 cm³/mol. The van der Waals surface area contributed by atoms with Crippen LogP contribution in [0.4, 0.5) is 5.13 Å². The number of carbonyl (C=O) groups is 1. The number of anilines is 1. The summed E-state index contributed by atoms with van der Waals surface area (Å²) in [5.74, 6) is -0.509. The highest BCUT2D eigenvalue weighted by atomic mass is 32.2. The molecule has 1 aromatic heterocycles. The highest BCUT2D eigenvalue weighted by Gasteiger charge is 2.53. The number of nitrogens with one attached hydrogen (secondary N) is 1. The lowest BCUT2D eigenvalue weighted by molar-refractivity contribution is -0.118. The van der Waals surface area contributed by atoms with Crippen LogP contribution in [0, 0.1) is 13.8 Å². The molecular formula is C23H25N3O3S2. The number of carbonyl (C=O) groups excluding carboxylic acids is 1. The van der Waals surface area contributed by atoms with E-state index >= 15 is 0 Å². The van der Waals surface area contributed by atoms with Crippen LogP contribution in [0.5, 0.6) is 0 Å². The van der Waals surface area contributed by atoms with E-state index in [1.54, 1.807) is 18.2 Å². The SMILES string of the molecule is Cc1ccc(S(=O)(=O)C2(C(=O)Nc3nnc(Cc4ccccc4)s3)CCCC2)cc1C. The third-order valence-electron chi connectivity index (χ3n) is 6.01. The van der Waals surface area contributed by atoms with E-state index in [9.17, 15) is 13.2 Å². The van der Waals surface area contributed by atoms with E-state index in [-0.39, 0.29) is 4.90 Å². The number of amides is 1. The van der Waals surface area contributed by atoms with Crippen LogP contribution in [0.15, 0.2) is 53.4 Å². The van der Waals surface area contributed by atoms with E-state index in [1.807, 2.05) is 44.2 Å². The number of hydrogen-bond donors (Lipinski definition) is 1. The van der Waals surface area contributed by atoms with Gasteiger partial charge < -0.3 is 0 Å². The third kappa shape index (κ3) is 4.14. The predicted octanol–water partition coefficient (Wildman–Crippen LogP) is 4.47. The summed E-state index contributed by atoms with van der Waals surface area (Å²) in [6, 6.07) is 14.9. The minimum atomic E-state index is -3.86. The van der Waals surface area contributed by atoms with Crippen LogP contribution in [0.3, 0.4) is 0 Å². The molecule has 0 atom stereocenters. The summed E-state index contributed by atoms with van der Waals surface area (Å²) in [4.78, 5) is 13.5. The first kappa shape index (κ1) is 21.6. The molecule has 31 heavy (non-hydrogen) atoms. The zero-order valence-electron chi connectivity index (χ0n) is 17.6. The number of aryl methyl sites for hydroxylation is 2. The molecule has 1 heterocycles. The molecule has 1 fully saturated rings. The third-order valence-corrected chi connectivity index (χ3v) is 9.35. The highest BCUT2D eigenvalue weighted by molar-refractivity contribution is 7.93. The zero-order chi connectivity index (χ0) is 22.1. The largest absolute Gasteiger partial charge is 0.299 e. The van der Waals surface area contributed by atoms with Crippen LogP contribution in [-0.2, 0) is 21.1 Å². The summed E-state index contributed by atoms with van der Waals surface area (Å²) >= 11 is 1.28. The molecule has 0 bridgehead atoms. The molecule has 162 valence electrons. The number of sulfone groups is 1. The molecule has 1 aliphatic rings. The van der Waals surface area contributed by atoms with Crippen LogP contribution in [0.2, 0.25) is 0 Å². The molecule has 2 aromatic carbocycles. The van der Waals surface area contributed by atoms with Crippen LogP contribution >= 0.6 is 11.3 Å². The summed E-state index contributed by atoms with van der Waals surface area (Å²) in [6.07, 6.45) is 2.63. The van der Waals surface area contributed by atoms with Gasteiger partial charge in [0.1, 0.15) is 5.01 Å². The quantitative estimate of drug-likeness (QED) is 0.592. The first-order valence-electron chi connectivity index (χ1n) is 10.3. The van der Waals surface area contributed by atoms with Gasteiger partial charge in [-0.05, 0) is 55.5 Å². The maximum atomic E-state index is 13.6. The van der Waals surface area contributed by atoms with Gasteiger partial charge in [-0.25, -0.2) is 8.42 Å². The van der Waals surface area contributed by atoms with E-state index < -0.39 is 20.5 Å². The van der Waals surface area contributed by atoms with Gasteiger partial charge in [0.05, 0.1) is 4.90 Å². The lowest BCUT2D eigenvalue weighted by Crippen LogP contribution is -2.47. The standard InChI is InChI=1S/C23H25N3O3S2/c1-16-10-11-19(14-17(16)2)31(28,29)23(12-6-7-13-23)21(27)24-22-26-25-20(30-22)15-18-8-4-3-5-9-18/h3-5,8-11,14H,6-7,12-13,15H2,1-2H3,(H,24,26,27). The van der Waals surface area contributed by atoms with Gasteiger partial charge >= 0.3 is 0 Å². The molecule has 1 amide bonds. The van der Waals surface area contributed by atoms with Crippen molar-refractivity contribution in [2.75, 3.05) is 5.32 Å². The van der Waals surface area contributed by atoms with E-state index in [4.69, 9.17) is 0 Å². The van der Waals surface area contributed by atoms with Gasteiger partial charge in [0.2, 0.25) is 11.0 Å². The molecule has 1 aliphatic carbocycles. The molecule has 0 unspecified atom stereocenters. The Labute approximate surface area is 186 Å². The van der Waals surface area contributed by atoms with Crippen molar-refractivity contribution in [3.63, 3.8) is 0 Å². The van der Waals surface area contributed by atoms with Gasteiger partial charge in [-0.1, -0.05) is 60.6 Å². The fraction of sp³-hybridized carbons (Fsp3) is 0.348. The van der Waals surface area contributed by atoms with Crippen molar-refractivity contribution >= 4 is 32.2 Å². The Morgan fingerprint density at radius 2 is 1.74 bits per heavy atom. The summed E-state index contributed by atoms with van der Waals surface area (Å²) in [5.41, 5.74) is 3.01. The molecule has 0 aliphatic heterocycles. The molecule has 4 rings (SSSR count). The Bertz CT molecular complexity index is 1200. The van der Waals surface area contributed by atoms with Gasteiger partial charge in [-0.15, -0.1) is 10.2 Å². The van der Waals surface area contributed by atoms with Gasteiger partial charge in [0.25, 0.3) is 0 Å². The Hall–Kier alpha value is -2.58. The van der Waals surface area contributed by atoms with Crippen molar-refractivity contribution in [2.24, 2.45) is 0 Å². The lowest BCUT2D eigenvalue weighted by Gasteiger charge is -2.27. The molecule has 1 N–H and O–H groups in total. The summed E-state index contributed by atoms with van der Waals surface area (Å²) < 4.78 is 25.7. The topological polar surface area (TPSA) is 89.0 Å².